The summed E-state index contributed by atoms with van der Waals surface area (Å²) in [5.74, 6) is 0.941. The molecule has 10 nitrogen and oxygen atoms in total. The highest BCUT2D eigenvalue weighted by Crippen LogP contribution is 2.36. The van der Waals surface area contributed by atoms with Gasteiger partial charge in [-0.25, -0.2) is 9.78 Å². The lowest BCUT2D eigenvalue weighted by Gasteiger charge is -2.31. The third-order valence-corrected chi connectivity index (χ3v) is 6.96. The quantitative estimate of drug-likeness (QED) is 0.236. The van der Waals surface area contributed by atoms with E-state index in [2.05, 4.69) is 15.3 Å². The van der Waals surface area contributed by atoms with E-state index in [0.29, 0.717) is 64.5 Å². The van der Waals surface area contributed by atoms with Gasteiger partial charge in [0.2, 0.25) is 5.95 Å². The molecule has 1 saturated heterocycles. The molecular formula is C21H21Cl2N5O5S. The number of carbonyl (C=O) groups is 1. The van der Waals surface area contributed by atoms with Crippen LogP contribution in [0.5, 0.6) is 0 Å². The van der Waals surface area contributed by atoms with Crippen LogP contribution in [0.4, 0.5) is 21.6 Å². The molecule has 1 aromatic carbocycles. The molecule has 4 rings (SSSR count). The van der Waals surface area contributed by atoms with Crippen LogP contribution in [0.2, 0.25) is 10.0 Å². The van der Waals surface area contributed by atoms with E-state index in [1.165, 1.54) is 6.07 Å². The smallest absolute Gasteiger partial charge is 0.435 e. The lowest BCUT2D eigenvalue weighted by atomic mass is 10.1. The largest absolute Gasteiger partial charge is 0.508 e. The molecule has 0 bridgehead atoms. The molecule has 3 aromatic rings. The highest BCUT2D eigenvalue weighted by Gasteiger charge is 2.26. The number of aromatic nitrogens is 2. The van der Waals surface area contributed by atoms with Crippen molar-refractivity contribution in [1.29, 1.82) is 0 Å². The standard InChI is InChI=1S/C21H21Cl2N5O5S/c1-2-32-21(29)33-13-5-7-27(8-6-13)20-25-18(14-10-17(28(30)31)34-19(14)26-20)24-11-12-3-4-15(22)16(23)9-12/h3-4,9-10,13H,2,5-8,11H2,1H3,(H,24,25,26). The molecule has 2 aromatic heterocycles. The first-order valence-electron chi connectivity index (χ1n) is 10.6. The Morgan fingerprint density at radius 3 is 2.71 bits per heavy atom. The van der Waals surface area contributed by atoms with Crippen molar-refractivity contribution in [3.63, 3.8) is 0 Å². The van der Waals surface area contributed by atoms with E-state index >= 15 is 0 Å². The van der Waals surface area contributed by atoms with Crippen molar-refractivity contribution in [2.24, 2.45) is 0 Å². The SMILES string of the molecule is CCOC(=O)OC1CCN(c2nc(NCc3ccc(Cl)c(Cl)c3)c3cc([N+](=O)[O-])sc3n2)CC1. The van der Waals surface area contributed by atoms with E-state index in [4.69, 9.17) is 32.7 Å². The number of thiophene rings is 1. The van der Waals surface area contributed by atoms with E-state index in [-0.39, 0.29) is 17.7 Å². The third-order valence-electron chi connectivity index (χ3n) is 5.24. The number of fused-ring (bicyclic) bond motifs is 1. The minimum atomic E-state index is -0.668. The maximum Gasteiger partial charge on any atom is 0.508 e. The van der Waals surface area contributed by atoms with Gasteiger partial charge in [-0.15, -0.1) is 0 Å². The fourth-order valence-electron chi connectivity index (χ4n) is 3.56. The van der Waals surface area contributed by atoms with Gasteiger partial charge in [0.1, 0.15) is 16.8 Å². The molecule has 1 fully saturated rings. The van der Waals surface area contributed by atoms with Gasteiger partial charge in [-0.05, 0) is 36.0 Å². The van der Waals surface area contributed by atoms with E-state index in [9.17, 15) is 14.9 Å². The van der Waals surface area contributed by atoms with Gasteiger partial charge in [-0.1, -0.05) is 29.3 Å². The lowest BCUT2D eigenvalue weighted by Crippen LogP contribution is -2.39. The molecule has 0 radical (unpaired) electrons. The van der Waals surface area contributed by atoms with E-state index in [0.717, 1.165) is 16.9 Å². The number of hydrogen-bond donors (Lipinski definition) is 1. The van der Waals surface area contributed by atoms with Crippen LogP contribution in [-0.2, 0) is 16.0 Å². The highest BCUT2D eigenvalue weighted by molar-refractivity contribution is 7.21. The average molecular weight is 526 g/mol. The van der Waals surface area contributed by atoms with Gasteiger partial charge >= 0.3 is 11.2 Å². The van der Waals surface area contributed by atoms with E-state index < -0.39 is 11.1 Å². The van der Waals surface area contributed by atoms with E-state index in [1.807, 2.05) is 11.0 Å². The molecule has 34 heavy (non-hydrogen) atoms. The second kappa shape index (κ2) is 10.6. The van der Waals surface area contributed by atoms with Crippen LogP contribution in [0.1, 0.15) is 25.3 Å². The van der Waals surface area contributed by atoms with Crippen molar-refractivity contribution in [3.8, 4) is 0 Å². The molecule has 1 aliphatic rings. The second-order valence-corrected chi connectivity index (χ2v) is 9.35. The first kappa shape index (κ1) is 24.2. The van der Waals surface area contributed by atoms with Gasteiger partial charge in [0.15, 0.2) is 0 Å². The number of ether oxygens (including phenoxy) is 2. The fraction of sp³-hybridized carbons (Fsp3) is 0.381. The van der Waals surface area contributed by atoms with Crippen molar-refractivity contribution in [3.05, 3.63) is 50.0 Å². The minimum absolute atomic E-state index is 0.0133. The summed E-state index contributed by atoms with van der Waals surface area (Å²) in [6, 6.07) is 6.77. The zero-order chi connectivity index (χ0) is 24.2. The molecule has 0 aliphatic carbocycles. The van der Waals surface area contributed by atoms with Gasteiger partial charge in [0.25, 0.3) is 0 Å². The third kappa shape index (κ3) is 5.60. The summed E-state index contributed by atoms with van der Waals surface area (Å²) in [6.45, 7) is 3.50. The van der Waals surface area contributed by atoms with Crippen LogP contribution in [-0.4, -0.2) is 46.8 Å². The normalized spacial score (nSPS) is 14.3. The molecule has 13 heteroatoms. The van der Waals surface area contributed by atoms with Crippen LogP contribution in [0.15, 0.2) is 24.3 Å². The molecule has 0 atom stereocenters. The Labute approximate surface area is 208 Å². The Morgan fingerprint density at radius 1 is 1.26 bits per heavy atom. The minimum Gasteiger partial charge on any atom is -0.435 e. The Hall–Kier alpha value is -2.89. The van der Waals surface area contributed by atoms with Crippen molar-refractivity contribution in [2.45, 2.75) is 32.4 Å². The fourth-order valence-corrected chi connectivity index (χ4v) is 4.72. The number of rotatable bonds is 7. The zero-order valence-electron chi connectivity index (χ0n) is 18.1. The first-order valence-corrected chi connectivity index (χ1v) is 12.1. The van der Waals surface area contributed by atoms with E-state index in [1.54, 1.807) is 19.1 Å². The molecule has 0 unspecified atom stereocenters. The van der Waals surface area contributed by atoms with Gasteiger partial charge < -0.3 is 19.7 Å². The molecule has 0 saturated carbocycles. The van der Waals surface area contributed by atoms with Crippen molar-refractivity contribution in [2.75, 3.05) is 29.9 Å². The molecule has 0 spiro atoms. The first-order chi connectivity index (χ1) is 16.3. The Bertz CT molecular complexity index is 1220. The number of piperidine rings is 1. The summed E-state index contributed by atoms with van der Waals surface area (Å²) in [6.07, 6.45) is 0.278. The van der Waals surface area contributed by atoms with Crippen molar-refractivity contribution < 1.29 is 19.2 Å². The van der Waals surface area contributed by atoms with Gasteiger partial charge in [0.05, 0.1) is 27.0 Å². The lowest BCUT2D eigenvalue weighted by molar-refractivity contribution is -0.380. The second-order valence-electron chi connectivity index (χ2n) is 7.52. The van der Waals surface area contributed by atoms with Crippen molar-refractivity contribution in [1.82, 2.24) is 9.97 Å². The Kier molecular flexibility index (Phi) is 7.54. The Balaban J connectivity index is 1.55. The highest BCUT2D eigenvalue weighted by atomic mass is 35.5. The molecule has 3 heterocycles. The van der Waals surface area contributed by atoms with Crippen molar-refractivity contribution >= 4 is 67.7 Å². The number of nitrogens with one attached hydrogen (secondary N) is 1. The van der Waals surface area contributed by atoms with Gasteiger partial charge in [-0.3, -0.25) is 10.1 Å². The summed E-state index contributed by atoms with van der Waals surface area (Å²) in [5.41, 5.74) is 0.879. The van der Waals surface area contributed by atoms with Gasteiger partial charge in [0, 0.05) is 38.5 Å². The van der Waals surface area contributed by atoms with Crippen LogP contribution >= 0.6 is 34.5 Å². The monoisotopic (exact) mass is 525 g/mol. The molecule has 0 amide bonds. The topological polar surface area (TPSA) is 120 Å². The van der Waals surface area contributed by atoms with Crippen LogP contribution in [0.3, 0.4) is 0 Å². The number of anilines is 2. The maximum absolute atomic E-state index is 11.6. The number of nitrogens with zero attached hydrogens (tertiary/aromatic N) is 4. The average Bonchev–Trinajstić information content (AvgIpc) is 3.25. The predicted molar refractivity (Wildman–Crippen MR) is 131 cm³/mol. The van der Waals surface area contributed by atoms with Crippen LogP contribution in [0.25, 0.3) is 10.2 Å². The molecular weight excluding hydrogens is 505 g/mol. The number of halogens is 2. The summed E-state index contributed by atoms with van der Waals surface area (Å²) < 4.78 is 10.2. The Morgan fingerprint density at radius 2 is 2.03 bits per heavy atom. The molecule has 1 aliphatic heterocycles. The van der Waals surface area contributed by atoms with Crippen LogP contribution in [0, 0.1) is 10.1 Å². The molecule has 1 N–H and O–H groups in total. The summed E-state index contributed by atoms with van der Waals surface area (Å²) in [5, 5.41) is 16.1. The van der Waals surface area contributed by atoms with Gasteiger partial charge in [-0.2, -0.15) is 4.98 Å². The summed E-state index contributed by atoms with van der Waals surface area (Å²) in [4.78, 5) is 34.2. The number of nitro groups is 1. The summed E-state index contributed by atoms with van der Waals surface area (Å²) >= 11 is 13.1. The predicted octanol–water partition coefficient (Wildman–Crippen LogP) is 5.66. The maximum atomic E-state index is 11.6. The number of carbonyl (C=O) groups excluding carboxylic acids is 1. The zero-order valence-corrected chi connectivity index (χ0v) is 20.5. The number of benzene rings is 1. The number of hydrogen-bond acceptors (Lipinski definition) is 10. The summed E-state index contributed by atoms with van der Waals surface area (Å²) in [7, 11) is 0. The van der Waals surface area contributed by atoms with Crippen LogP contribution < -0.4 is 10.2 Å². The molecule has 180 valence electrons.